The molecular weight excluding hydrogens is 380 g/mol. The highest BCUT2D eigenvalue weighted by atomic mass is 35.5. The van der Waals surface area contributed by atoms with Crippen molar-refractivity contribution in [2.75, 3.05) is 32.7 Å². The molecule has 0 spiro atoms. The predicted octanol–water partition coefficient (Wildman–Crippen LogP) is 0.881. The van der Waals surface area contributed by atoms with E-state index in [9.17, 15) is 18.0 Å². The minimum Gasteiger partial charge on any atom is -0.336 e. The number of carbonyl (C=O) groups is 2. The lowest BCUT2D eigenvalue weighted by atomic mass is 10.3. The average Bonchev–Trinajstić information content (AvgIpc) is 2.54. The largest absolute Gasteiger partial charge is 0.336 e. The standard InChI is InChI=1S/C16H23ClN4O4S/c1-12(2)18-16(23)19-15(22)11-20-7-9-21(10-8-20)26(24,25)14-6-4-3-5-13(14)17/h3-6,12H,7-11H2,1-2H3,(H2,18,19,22,23). The van der Waals surface area contributed by atoms with Gasteiger partial charge in [0.15, 0.2) is 0 Å². The van der Waals surface area contributed by atoms with Crippen molar-refractivity contribution >= 4 is 33.6 Å². The SMILES string of the molecule is CC(C)NC(=O)NC(=O)CN1CCN(S(=O)(=O)c2ccccc2Cl)CC1. The van der Waals surface area contributed by atoms with Crippen LogP contribution in [0.1, 0.15) is 13.8 Å². The Hall–Kier alpha value is -1.68. The van der Waals surface area contributed by atoms with Crippen LogP contribution >= 0.6 is 11.6 Å². The van der Waals surface area contributed by atoms with Gasteiger partial charge < -0.3 is 5.32 Å². The fourth-order valence-corrected chi connectivity index (χ4v) is 4.50. The third-order valence-electron chi connectivity index (χ3n) is 3.83. The number of carbonyl (C=O) groups excluding carboxylic acids is 2. The molecule has 0 saturated carbocycles. The maximum absolute atomic E-state index is 12.7. The van der Waals surface area contributed by atoms with Crippen molar-refractivity contribution < 1.29 is 18.0 Å². The smallest absolute Gasteiger partial charge is 0.321 e. The minimum atomic E-state index is -3.67. The second-order valence-electron chi connectivity index (χ2n) is 6.29. The van der Waals surface area contributed by atoms with E-state index in [-0.39, 0.29) is 35.6 Å². The molecule has 1 saturated heterocycles. The van der Waals surface area contributed by atoms with Crippen LogP contribution in [-0.4, -0.2) is 68.3 Å². The Labute approximate surface area is 158 Å². The lowest BCUT2D eigenvalue weighted by molar-refractivity contribution is -0.121. The summed E-state index contributed by atoms with van der Waals surface area (Å²) in [5, 5.41) is 5.01. The molecule has 1 aromatic rings. The van der Waals surface area contributed by atoms with E-state index in [1.54, 1.807) is 30.9 Å². The Balaban J connectivity index is 1.88. The first kappa shape index (κ1) is 20.6. The van der Waals surface area contributed by atoms with Crippen LogP contribution in [0.5, 0.6) is 0 Å². The monoisotopic (exact) mass is 402 g/mol. The number of imide groups is 1. The third kappa shape index (κ3) is 5.41. The normalized spacial score (nSPS) is 16.5. The number of nitrogens with one attached hydrogen (secondary N) is 2. The lowest BCUT2D eigenvalue weighted by Crippen LogP contribution is -2.52. The number of nitrogens with zero attached hydrogens (tertiary/aromatic N) is 2. The van der Waals surface area contributed by atoms with Crippen LogP contribution < -0.4 is 10.6 Å². The Morgan fingerprint density at radius 2 is 1.77 bits per heavy atom. The van der Waals surface area contributed by atoms with Crippen LogP contribution in [0.4, 0.5) is 4.79 Å². The van der Waals surface area contributed by atoms with Gasteiger partial charge in [0, 0.05) is 32.2 Å². The van der Waals surface area contributed by atoms with E-state index in [0.29, 0.717) is 13.1 Å². The summed E-state index contributed by atoms with van der Waals surface area (Å²) < 4.78 is 26.7. The Morgan fingerprint density at radius 3 is 2.35 bits per heavy atom. The van der Waals surface area contributed by atoms with Crippen molar-refractivity contribution in [3.63, 3.8) is 0 Å². The van der Waals surface area contributed by atoms with E-state index in [1.807, 2.05) is 0 Å². The quantitative estimate of drug-likeness (QED) is 0.761. The van der Waals surface area contributed by atoms with Crippen LogP contribution in [-0.2, 0) is 14.8 Å². The Kier molecular flexibility index (Phi) is 6.99. The van der Waals surface area contributed by atoms with Crippen LogP contribution in [0.15, 0.2) is 29.2 Å². The lowest BCUT2D eigenvalue weighted by Gasteiger charge is -2.33. The number of piperazine rings is 1. The predicted molar refractivity (Wildman–Crippen MR) is 98.5 cm³/mol. The molecule has 0 atom stereocenters. The zero-order valence-electron chi connectivity index (χ0n) is 14.7. The molecule has 10 heteroatoms. The van der Waals surface area contributed by atoms with Gasteiger partial charge in [0.05, 0.1) is 11.6 Å². The second kappa shape index (κ2) is 8.81. The second-order valence-corrected chi connectivity index (χ2v) is 8.60. The van der Waals surface area contributed by atoms with Gasteiger partial charge in [-0.2, -0.15) is 4.31 Å². The van der Waals surface area contributed by atoms with Crippen LogP contribution in [0, 0.1) is 0 Å². The molecule has 1 aromatic carbocycles. The number of hydrogen-bond donors (Lipinski definition) is 2. The van der Waals surface area contributed by atoms with E-state index < -0.39 is 22.0 Å². The Morgan fingerprint density at radius 1 is 1.15 bits per heavy atom. The zero-order valence-corrected chi connectivity index (χ0v) is 16.3. The fourth-order valence-electron chi connectivity index (χ4n) is 2.59. The fraction of sp³-hybridized carbons (Fsp3) is 0.500. The van der Waals surface area contributed by atoms with Gasteiger partial charge in [0.1, 0.15) is 4.90 Å². The minimum absolute atomic E-state index is 0.0332. The van der Waals surface area contributed by atoms with E-state index in [2.05, 4.69) is 10.6 Å². The molecule has 0 aliphatic carbocycles. The van der Waals surface area contributed by atoms with Gasteiger partial charge in [-0.05, 0) is 26.0 Å². The molecule has 0 radical (unpaired) electrons. The van der Waals surface area contributed by atoms with Gasteiger partial charge in [0.25, 0.3) is 0 Å². The van der Waals surface area contributed by atoms with Gasteiger partial charge >= 0.3 is 6.03 Å². The van der Waals surface area contributed by atoms with Gasteiger partial charge in [0.2, 0.25) is 15.9 Å². The molecule has 26 heavy (non-hydrogen) atoms. The van der Waals surface area contributed by atoms with Gasteiger partial charge in [-0.25, -0.2) is 13.2 Å². The van der Waals surface area contributed by atoms with Gasteiger partial charge in [-0.1, -0.05) is 23.7 Å². The molecule has 2 N–H and O–H groups in total. The number of halogens is 1. The maximum atomic E-state index is 12.7. The summed E-state index contributed by atoms with van der Waals surface area (Å²) in [4.78, 5) is 25.3. The molecule has 0 aromatic heterocycles. The van der Waals surface area contributed by atoms with Gasteiger partial charge in [-0.3, -0.25) is 15.0 Å². The molecule has 1 fully saturated rings. The summed E-state index contributed by atoms with van der Waals surface area (Å²) in [6, 6.07) is 5.71. The highest BCUT2D eigenvalue weighted by Gasteiger charge is 2.30. The van der Waals surface area contributed by atoms with Crippen molar-refractivity contribution in [1.82, 2.24) is 19.8 Å². The third-order valence-corrected chi connectivity index (χ3v) is 6.22. The van der Waals surface area contributed by atoms with Crippen molar-refractivity contribution in [2.24, 2.45) is 0 Å². The molecule has 1 aliphatic rings. The van der Waals surface area contributed by atoms with E-state index in [4.69, 9.17) is 11.6 Å². The number of amides is 3. The molecule has 144 valence electrons. The molecule has 1 aliphatic heterocycles. The summed E-state index contributed by atoms with van der Waals surface area (Å²) in [6.07, 6.45) is 0. The van der Waals surface area contributed by atoms with Gasteiger partial charge in [-0.15, -0.1) is 0 Å². The highest BCUT2D eigenvalue weighted by molar-refractivity contribution is 7.89. The topological polar surface area (TPSA) is 98.8 Å². The number of benzene rings is 1. The molecule has 1 heterocycles. The molecule has 0 bridgehead atoms. The molecule has 0 unspecified atom stereocenters. The summed E-state index contributed by atoms with van der Waals surface area (Å²) in [5.74, 6) is -0.425. The van der Waals surface area contributed by atoms with Crippen molar-refractivity contribution in [3.05, 3.63) is 29.3 Å². The summed E-state index contributed by atoms with van der Waals surface area (Å²) in [7, 11) is -3.67. The first-order valence-electron chi connectivity index (χ1n) is 8.27. The Bertz CT molecular complexity index is 761. The number of sulfonamides is 1. The number of hydrogen-bond acceptors (Lipinski definition) is 5. The van der Waals surface area contributed by atoms with E-state index in [0.717, 1.165) is 0 Å². The highest BCUT2D eigenvalue weighted by Crippen LogP contribution is 2.24. The summed E-state index contributed by atoms with van der Waals surface area (Å²) in [6.45, 7) is 4.90. The van der Waals surface area contributed by atoms with Crippen molar-refractivity contribution in [3.8, 4) is 0 Å². The summed E-state index contributed by atoms with van der Waals surface area (Å²) >= 11 is 6.00. The van der Waals surface area contributed by atoms with E-state index >= 15 is 0 Å². The first-order valence-corrected chi connectivity index (χ1v) is 10.1. The molecule has 2 rings (SSSR count). The van der Waals surface area contributed by atoms with Crippen LogP contribution in [0.2, 0.25) is 5.02 Å². The number of urea groups is 1. The van der Waals surface area contributed by atoms with Crippen molar-refractivity contribution in [1.29, 1.82) is 0 Å². The number of rotatable bonds is 5. The van der Waals surface area contributed by atoms with Crippen molar-refractivity contribution in [2.45, 2.75) is 24.8 Å². The molecular formula is C16H23ClN4O4S. The molecule has 3 amide bonds. The van der Waals surface area contributed by atoms with E-state index in [1.165, 1.54) is 16.4 Å². The van der Waals surface area contributed by atoms with Crippen LogP contribution in [0.3, 0.4) is 0 Å². The first-order chi connectivity index (χ1) is 12.2. The average molecular weight is 403 g/mol. The molecule has 8 nitrogen and oxygen atoms in total. The van der Waals surface area contributed by atoms with Crippen LogP contribution in [0.25, 0.3) is 0 Å². The maximum Gasteiger partial charge on any atom is 0.321 e. The summed E-state index contributed by atoms with van der Waals surface area (Å²) in [5.41, 5.74) is 0. The zero-order chi connectivity index (χ0) is 19.3.